The van der Waals surface area contributed by atoms with Crippen molar-refractivity contribution >= 4 is 12.0 Å². The van der Waals surface area contributed by atoms with E-state index in [1.54, 1.807) is 30.4 Å². The monoisotopic (exact) mass is 332 g/mol. The van der Waals surface area contributed by atoms with Crippen LogP contribution in [0, 0.1) is 0 Å². The Labute approximate surface area is 147 Å². The lowest BCUT2D eigenvalue weighted by molar-refractivity contribution is -0.124. The van der Waals surface area contributed by atoms with Gasteiger partial charge in [-0.05, 0) is 37.3 Å². The molecule has 126 valence electrons. The average molecular weight is 332 g/mol. The van der Waals surface area contributed by atoms with Crippen LogP contribution in [0.3, 0.4) is 0 Å². The fraction of sp³-hybridized carbons (Fsp3) is 0.150. The fourth-order valence-corrected chi connectivity index (χ4v) is 2.39. The second-order valence-corrected chi connectivity index (χ2v) is 5.64. The van der Waals surface area contributed by atoms with Gasteiger partial charge in [0.2, 0.25) is 5.91 Å². The van der Waals surface area contributed by atoms with Gasteiger partial charge in [0.1, 0.15) is 5.69 Å². The van der Waals surface area contributed by atoms with Crippen molar-refractivity contribution in [3.05, 3.63) is 72.7 Å². The third-order valence-electron chi connectivity index (χ3n) is 3.95. The predicted molar refractivity (Wildman–Crippen MR) is 99.1 cm³/mol. The molecule has 5 heteroatoms. The van der Waals surface area contributed by atoms with E-state index in [4.69, 9.17) is 5.10 Å². The normalized spacial score (nSPS) is 11.0. The molecule has 2 aromatic heterocycles. The van der Waals surface area contributed by atoms with E-state index in [0.717, 1.165) is 22.5 Å². The van der Waals surface area contributed by atoms with E-state index in [0.29, 0.717) is 6.54 Å². The van der Waals surface area contributed by atoms with Crippen LogP contribution in [-0.4, -0.2) is 39.2 Å². The Kier molecular flexibility index (Phi) is 5.04. The summed E-state index contributed by atoms with van der Waals surface area (Å²) >= 11 is 0. The number of nitrogens with zero attached hydrogens (tertiary/aromatic N) is 4. The van der Waals surface area contributed by atoms with Crippen LogP contribution < -0.4 is 0 Å². The molecule has 1 aromatic carbocycles. The SMILES string of the molecule is CCN(C)C(=O)/C=C/c1cn(-c2ccccc2)nc1-c1cccnc1. The molecule has 0 bridgehead atoms. The predicted octanol–water partition coefficient (Wildman–Crippen LogP) is 3.43. The summed E-state index contributed by atoms with van der Waals surface area (Å²) in [4.78, 5) is 17.9. The van der Waals surface area contributed by atoms with Gasteiger partial charge in [0.05, 0.1) is 5.69 Å². The molecule has 3 aromatic rings. The van der Waals surface area contributed by atoms with E-state index in [9.17, 15) is 4.79 Å². The Hall–Kier alpha value is -3.21. The quantitative estimate of drug-likeness (QED) is 0.673. The average Bonchev–Trinajstić information content (AvgIpc) is 3.11. The second-order valence-electron chi connectivity index (χ2n) is 5.64. The Morgan fingerprint density at radius 3 is 2.68 bits per heavy atom. The Morgan fingerprint density at radius 2 is 2.00 bits per heavy atom. The van der Waals surface area contributed by atoms with E-state index in [2.05, 4.69) is 4.98 Å². The van der Waals surface area contributed by atoms with Gasteiger partial charge in [-0.2, -0.15) is 5.10 Å². The van der Waals surface area contributed by atoms with Crippen molar-refractivity contribution in [1.29, 1.82) is 0 Å². The maximum absolute atomic E-state index is 12.1. The van der Waals surface area contributed by atoms with Gasteiger partial charge in [0.25, 0.3) is 0 Å². The number of carbonyl (C=O) groups excluding carboxylic acids is 1. The van der Waals surface area contributed by atoms with Crippen LogP contribution in [0.2, 0.25) is 0 Å². The smallest absolute Gasteiger partial charge is 0.246 e. The maximum Gasteiger partial charge on any atom is 0.246 e. The van der Waals surface area contributed by atoms with Crippen LogP contribution in [-0.2, 0) is 4.79 Å². The molecule has 0 N–H and O–H groups in total. The summed E-state index contributed by atoms with van der Waals surface area (Å²) in [6.07, 6.45) is 8.81. The number of carbonyl (C=O) groups is 1. The maximum atomic E-state index is 12.1. The zero-order chi connectivity index (χ0) is 17.6. The lowest BCUT2D eigenvalue weighted by Crippen LogP contribution is -2.23. The van der Waals surface area contributed by atoms with Crippen LogP contribution >= 0.6 is 0 Å². The summed E-state index contributed by atoms with van der Waals surface area (Å²) < 4.78 is 1.82. The molecule has 0 saturated heterocycles. The molecule has 0 radical (unpaired) electrons. The molecule has 0 aliphatic carbocycles. The molecule has 0 saturated carbocycles. The zero-order valence-corrected chi connectivity index (χ0v) is 14.3. The summed E-state index contributed by atoms with van der Waals surface area (Å²) in [5.41, 5.74) is 3.53. The first-order valence-corrected chi connectivity index (χ1v) is 8.17. The molecule has 3 rings (SSSR count). The van der Waals surface area contributed by atoms with Crippen LogP contribution in [0.4, 0.5) is 0 Å². The number of rotatable bonds is 5. The summed E-state index contributed by atoms with van der Waals surface area (Å²) in [5.74, 6) is -0.0351. The lowest BCUT2D eigenvalue weighted by atomic mass is 10.1. The highest BCUT2D eigenvalue weighted by molar-refractivity contribution is 5.92. The van der Waals surface area contributed by atoms with E-state index in [1.807, 2.05) is 66.3 Å². The van der Waals surface area contributed by atoms with Crippen LogP contribution in [0.25, 0.3) is 23.0 Å². The summed E-state index contributed by atoms with van der Waals surface area (Å²) in [7, 11) is 1.78. The van der Waals surface area contributed by atoms with E-state index >= 15 is 0 Å². The third-order valence-corrected chi connectivity index (χ3v) is 3.95. The van der Waals surface area contributed by atoms with E-state index in [1.165, 1.54) is 0 Å². The summed E-state index contributed by atoms with van der Waals surface area (Å²) in [6, 6.07) is 13.7. The molecule has 2 heterocycles. The van der Waals surface area contributed by atoms with Crippen molar-refractivity contribution in [1.82, 2.24) is 19.7 Å². The van der Waals surface area contributed by atoms with E-state index in [-0.39, 0.29) is 5.91 Å². The highest BCUT2D eigenvalue weighted by atomic mass is 16.2. The minimum atomic E-state index is -0.0351. The van der Waals surface area contributed by atoms with Gasteiger partial charge in [-0.15, -0.1) is 0 Å². The molecule has 1 amide bonds. The van der Waals surface area contributed by atoms with Crippen molar-refractivity contribution in [2.75, 3.05) is 13.6 Å². The van der Waals surface area contributed by atoms with Crippen molar-refractivity contribution in [2.45, 2.75) is 6.92 Å². The third kappa shape index (κ3) is 3.83. The molecule has 0 fully saturated rings. The highest BCUT2D eigenvalue weighted by Crippen LogP contribution is 2.24. The van der Waals surface area contributed by atoms with Gasteiger partial charge in [-0.1, -0.05) is 18.2 Å². The van der Waals surface area contributed by atoms with Gasteiger partial charge in [0, 0.05) is 49.4 Å². The van der Waals surface area contributed by atoms with Gasteiger partial charge in [0.15, 0.2) is 0 Å². The fourth-order valence-electron chi connectivity index (χ4n) is 2.39. The largest absolute Gasteiger partial charge is 0.343 e. The Balaban J connectivity index is 2.02. The number of aromatic nitrogens is 3. The topological polar surface area (TPSA) is 51.0 Å². The summed E-state index contributed by atoms with van der Waals surface area (Å²) in [6.45, 7) is 2.61. The number of hydrogen-bond donors (Lipinski definition) is 0. The molecule has 0 aliphatic rings. The van der Waals surface area contributed by atoms with Crippen molar-refractivity contribution < 1.29 is 4.79 Å². The number of amides is 1. The minimum Gasteiger partial charge on any atom is -0.343 e. The minimum absolute atomic E-state index is 0.0351. The van der Waals surface area contributed by atoms with Gasteiger partial charge >= 0.3 is 0 Å². The molecule has 0 aliphatic heterocycles. The Morgan fingerprint density at radius 1 is 1.20 bits per heavy atom. The van der Waals surface area contributed by atoms with Crippen molar-refractivity contribution in [3.63, 3.8) is 0 Å². The molecule has 0 unspecified atom stereocenters. The molecule has 25 heavy (non-hydrogen) atoms. The highest BCUT2D eigenvalue weighted by Gasteiger charge is 2.11. The number of para-hydroxylation sites is 1. The number of likely N-dealkylation sites (N-methyl/N-ethyl adjacent to an activating group) is 1. The van der Waals surface area contributed by atoms with Crippen LogP contribution in [0.5, 0.6) is 0 Å². The first kappa shape index (κ1) is 16.6. The van der Waals surface area contributed by atoms with E-state index < -0.39 is 0 Å². The van der Waals surface area contributed by atoms with Crippen molar-refractivity contribution in [2.24, 2.45) is 0 Å². The molecular formula is C20H20N4O. The van der Waals surface area contributed by atoms with Crippen LogP contribution in [0.15, 0.2) is 67.1 Å². The van der Waals surface area contributed by atoms with Gasteiger partial charge < -0.3 is 4.90 Å². The number of hydrogen-bond acceptors (Lipinski definition) is 3. The molecule has 5 nitrogen and oxygen atoms in total. The first-order chi connectivity index (χ1) is 12.2. The van der Waals surface area contributed by atoms with Gasteiger partial charge in [-0.3, -0.25) is 9.78 Å². The number of pyridine rings is 1. The number of benzene rings is 1. The van der Waals surface area contributed by atoms with Crippen LogP contribution in [0.1, 0.15) is 12.5 Å². The molecular weight excluding hydrogens is 312 g/mol. The Bertz CT molecular complexity index is 869. The summed E-state index contributed by atoms with van der Waals surface area (Å²) in [5, 5.41) is 4.69. The van der Waals surface area contributed by atoms with Gasteiger partial charge in [-0.25, -0.2) is 4.68 Å². The zero-order valence-electron chi connectivity index (χ0n) is 14.3. The second kappa shape index (κ2) is 7.57. The van der Waals surface area contributed by atoms with Crippen molar-refractivity contribution in [3.8, 4) is 16.9 Å². The molecule has 0 atom stereocenters. The molecule has 0 spiro atoms. The lowest BCUT2D eigenvalue weighted by Gasteiger charge is -2.10. The first-order valence-electron chi connectivity index (χ1n) is 8.17. The standard InChI is InChI=1S/C20H20N4O/c1-3-23(2)19(25)12-11-17-15-24(18-9-5-4-6-10-18)22-20(17)16-8-7-13-21-14-16/h4-15H,3H2,1-2H3/b12-11+.